The monoisotopic (exact) mass is 452 g/mol. The number of halogens is 2. The van der Waals surface area contributed by atoms with Crippen LogP contribution in [0.3, 0.4) is 0 Å². The highest BCUT2D eigenvalue weighted by Gasteiger charge is 2.07. The first kappa shape index (κ1) is 20.9. The molecule has 1 heterocycles. The zero-order valence-electron chi connectivity index (χ0n) is 16.5. The Morgan fingerprint density at radius 3 is 2.55 bits per heavy atom. The van der Waals surface area contributed by atoms with E-state index in [2.05, 4.69) is 15.5 Å². The van der Waals surface area contributed by atoms with Crippen LogP contribution in [0.25, 0.3) is 22.8 Å². The van der Waals surface area contributed by atoms with Crippen LogP contribution < -0.4 is 10.1 Å². The Labute approximate surface area is 189 Å². The van der Waals surface area contributed by atoms with Crippen LogP contribution in [-0.4, -0.2) is 27.5 Å². The second-order valence-corrected chi connectivity index (χ2v) is 7.45. The first-order chi connectivity index (χ1) is 15.0. The Morgan fingerprint density at radius 1 is 1.03 bits per heavy atom. The van der Waals surface area contributed by atoms with Crippen molar-refractivity contribution in [3.8, 4) is 11.4 Å². The lowest BCUT2D eigenvalue weighted by Crippen LogP contribution is -2.07. The van der Waals surface area contributed by atoms with Crippen LogP contribution in [0.4, 0.5) is 5.69 Å². The van der Waals surface area contributed by atoms with Crippen molar-refractivity contribution >= 4 is 51.9 Å². The van der Waals surface area contributed by atoms with Crippen molar-refractivity contribution in [2.24, 2.45) is 0 Å². The molecule has 0 radical (unpaired) electrons. The van der Waals surface area contributed by atoms with Crippen LogP contribution in [-0.2, 0) is 4.79 Å². The fourth-order valence-electron chi connectivity index (χ4n) is 2.94. The van der Waals surface area contributed by atoms with Crippen LogP contribution in [0.1, 0.15) is 12.5 Å². The van der Waals surface area contributed by atoms with E-state index >= 15 is 0 Å². The Hall–Kier alpha value is -3.35. The van der Waals surface area contributed by atoms with Crippen LogP contribution in [0.15, 0.2) is 66.7 Å². The number of benzene rings is 3. The van der Waals surface area contributed by atoms with Crippen molar-refractivity contribution in [2.45, 2.75) is 6.92 Å². The van der Waals surface area contributed by atoms with Gasteiger partial charge in [-0.3, -0.25) is 4.79 Å². The summed E-state index contributed by atoms with van der Waals surface area (Å²) in [7, 11) is 0. The fourth-order valence-corrected chi connectivity index (χ4v) is 3.41. The summed E-state index contributed by atoms with van der Waals surface area (Å²) < 4.78 is 5.46. The number of carbonyl (C=O) groups excluding carboxylic acids is 1. The van der Waals surface area contributed by atoms with E-state index < -0.39 is 0 Å². The third kappa shape index (κ3) is 5.05. The van der Waals surface area contributed by atoms with Crippen molar-refractivity contribution < 1.29 is 9.53 Å². The number of amides is 1. The molecule has 0 bridgehead atoms. The Bertz CT molecular complexity index is 1270. The van der Waals surface area contributed by atoms with Crippen molar-refractivity contribution in [3.63, 3.8) is 0 Å². The highest BCUT2D eigenvalue weighted by atomic mass is 35.5. The number of anilines is 1. The molecule has 1 N–H and O–H groups in total. The van der Waals surface area contributed by atoms with E-state index in [-0.39, 0.29) is 5.91 Å². The molecule has 3 aromatic carbocycles. The minimum Gasteiger partial charge on any atom is -0.494 e. The van der Waals surface area contributed by atoms with Gasteiger partial charge in [-0.15, -0.1) is 10.2 Å². The topological polar surface area (TPSA) is 69.0 Å². The summed E-state index contributed by atoms with van der Waals surface area (Å²) in [6.07, 6.45) is 3.05. The molecule has 0 fully saturated rings. The standard InChI is InChI=1S/C23H18Cl2N4O2/c1-2-31-19-9-7-18(8-10-19)29-27-21-11-6-17(14-22(21)28-29)26-23(30)12-4-15-3-5-16(24)13-20(15)25/h3-14H,2H2,1H3,(H,26,30)/b12-4-. The first-order valence-electron chi connectivity index (χ1n) is 9.56. The lowest BCUT2D eigenvalue weighted by atomic mass is 10.2. The molecule has 0 aliphatic rings. The van der Waals surface area contributed by atoms with Crippen LogP contribution in [0.5, 0.6) is 5.75 Å². The van der Waals surface area contributed by atoms with Crippen molar-refractivity contribution in [1.82, 2.24) is 15.0 Å². The third-order valence-electron chi connectivity index (χ3n) is 4.40. The van der Waals surface area contributed by atoms with E-state index in [1.807, 2.05) is 37.3 Å². The number of hydrogen-bond donors (Lipinski definition) is 1. The predicted molar refractivity (Wildman–Crippen MR) is 124 cm³/mol. The van der Waals surface area contributed by atoms with Gasteiger partial charge in [0.05, 0.1) is 12.3 Å². The normalized spacial score (nSPS) is 11.2. The van der Waals surface area contributed by atoms with Gasteiger partial charge in [-0.1, -0.05) is 29.3 Å². The van der Waals surface area contributed by atoms with Gasteiger partial charge in [0, 0.05) is 21.8 Å². The van der Waals surface area contributed by atoms with Gasteiger partial charge in [0.15, 0.2) is 0 Å². The molecule has 4 rings (SSSR count). The Kier molecular flexibility index (Phi) is 6.21. The number of carbonyl (C=O) groups is 1. The average Bonchev–Trinajstić information content (AvgIpc) is 3.17. The quantitative estimate of drug-likeness (QED) is 0.376. The largest absolute Gasteiger partial charge is 0.494 e. The van der Waals surface area contributed by atoms with E-state index in [4.69, 9.17) is 27.9 Å². The van der Waals surface area contributed by atoms with Crippen molar-refractivity contribution in [2.75, 3.05) is 11.9 Å². The lowest BCUT2D eigenvalue weighted by molar-refractivity contribution is -0.111. The summed E-state index contributed by atoms with van der Waals surface area (Å²) in [6.45, 7) is 2.55. The minimum absolute atomic E-state index is 0.288. The number of nitrogens with zero attached hydrogens (tertiary/aromatic N) is 3. The number of rotatable bonds is 6. The van der Waals surface area contributed by atoms with Crippen molar-refractivity contribution in [1.29, 1.82) is 0 Å². The van der Waals surface area contributed by atoms with Crippen molar-refractivity contribution in [3.05, 3.63) is 82.3 Å². The summed E-state index contributed by atoms with van der Waals surface area (Å²) >= 11 is 12.0. The zero-order chi connectivity index (χ0) is 21.8. The van der Waals surface area contributed by atoms with Crippen LogP contribution in [0, 0.1) is 0 Å². The SMILES string of the molecule is CCOc1ccc(-n2nc3ccc(NC(=O)/C=C\c4ccc(Cl)cc4Cl)cc3n2)cc1. The molecule has 0 spiro atoms. The number of ether oxygens (including phenoxy) is 1. The van der Waals surface area contributed by atoms with Crippen LogP contribution in [0.2, 0.25) is 10.0 Å². The molecule has 0 aliphatic heterocycles. The van der Waals surface area contributed by atoms with E-state index in [1.165, 1.54) is 6.08 Å². The minimum atomic E-state index is -0.288. The van der Waals surface area contributed by atoms with Gasteiger partial charge in [-0.2, -0.15) is 4.80 Å². The molecule has 156 valence electrons. The number of hydrogen-bond acceptors (Lipinski definition) is 4. The Morgan fingerprint density at radius 2 is 1.81 bits per heavy atom. The maximum atomic E-state index is 12.3. The molecule has 0 atom stereocenters. The number of nitrogens with one attached hydrogen (secondary N) is 1. The van der Waals surface area contributed by atoms with Gasteiger partial charge in [-0.05, 0) is 73.2 Å². The fraction of sp³-hybridized carbons (Fsp3) is 0.0870. The number of aromatic nitrogens is 3. The lowest BCUT2D eigenvalue weighted by Gasteiger charge is -2.03. The first-order valence-corrected chi connectivity index (χ1v) is 10.3. The highest BCUT2D eigenvalue weighted by Crippen LogP contribution is 2.22. The maximum Gasteiger partial charge on any atom is 0.248 e. The molecule has 1 amide bonds. The summed E-state index contributed by atoms with van der Waals surface area (Å²) in [4.78, 5) is 13.8. The smallest absolute Gasteiger partial charge is 0.248 e. The van der Waals surface area contributed by atoms with Gasteiger partial charge in [-0.25, -0.2) is 0 Å². The summed E-state index contributed by atoms with van der Waals surface area (Å²) in [6, 6.07) is 18.0. The maximum absolute atomic E-state index is 12.3. The molecule has 8 heteroatoms. The molecule has 4 aromatic rings. The summed E-state index contributed by atoms with van der Waals surface area (Å²) in [5.74, 6) is 0.505. The van der Waals surface area contributed by atoms with E-state index in [0.29, 0.717) is 33.4 Å². The van der Waals surface area contributed by atoms with Gasteiger partial charge >= 0.3 is 0 Å². The molecular formula is C23H18Cl2N4O2. The van der Waals surface area contributed by atoms with Gasteiger partial charge in [0.25, 0.3) is 0 Å². The molecule has 0 aliphatic carbocycles. The summed E-state index contributed by atoms with van der Waals surface area (Å²) in [5.41, 5.74) is 3.51. The molecule has 1 aromatic heterocycles. The molecule has 0 saturated carbocycles. The van der Waals surface area contributed by atoms with Crippen LogP contribution >= 0.6 is 23.2 Å². The van der Waals surface area contributed by atoms with Gasteiger partial charge in [0.1, 0.15) is 16.8 Å². The summed E-state index contributed by atoms with van der Waals surface area (Å²) in [5, 5.41) is 12.8. The second kappa shape index (κ2) is 9.20. The van der Waals surface area contributed by atoms with Gasteiger partial charge in [0.2, 0.25) is 5.91 Å². The molecule has 6 nitrogen and oxygen atoms in total. The second-order valence-electron chi connectivity index (χ2n) is 6.61. The van der Waals surface area contributed by atoms with E-state index in [9.17, 15) is 4.79 Å². The molecular weight excluding hydrogens is 435 g/mol. The highest BCUT2D eigenvalue weighted by molar-refractivity contribution is 6.35. The zero-order valence-corrected chi connectivity index (χ0v) is 18.1. The molecule has 31 heavy (non-hydrogen) atoms. The number of fused-ring (bicyclic) bond motifs is 1. The predicted octanol–water partition coefficient (Wildman–Crippen LogP) is 5.78. The Balaban J connectivity index is 1.48. The molecule has 0 saturated heterocycles. The van der Waals surface area contributed by atoms with E-state index in [1.54, 1.807) is 41.2 Å². The van der Waals surface area contributed by atoms with E-state index in [0.717, 1.165) is 17.0 Å². The molecule has 0 unspecified atom stereocenters. The van der Waals surface area contributed by atoms with Gasteiger partial charge < -0.3 is 10.1 Å². The average molecular weight is 453 g/mol. The third-order valence-corrected chi connectivity index (χ3v) is 4.97.